The van der Waals surface area contributed by atoms with E-state index in [2.05, 4.69) is 50.8 Å². The van der Waals surface area contributed by atoms with Gasteiger partial charge < -0.3 is 5.32 Å². The molecule has 1 saturated heterocycles. The fourth-order valence-corrected chi connectivity index (χ4v) is 3.30. The molecule has 2 aromatic heterocycles. The monoisotopic (exact) mass is 307 g/mol. The van der Waals surface area contributed by atoms with Crippen molar-refractivity contribution in [1.29, 1.82) is 0 Å². The Morgan fingerprint density at radius 3 is 3.17 bits per heavy atom. The molecule has 3 rings (SSSR count). The molecule has 1 aliphatic heterocycles. The van der Waals surface area contributed by atoms with Crippen molar-refractivity contribution in [3.05, 3.63) is 34.3 Å². The highest BCUT2D eigenvalue weighted by Crippen LogP contribution is 2.28. The summed E-state index contributed by atoms with van der Waals surface area (Å²) in [6, 6.07) is 6.36. The molecule has 0 aliphatic carbocycles. The first kappa shape index (κ1) is 12.2. The lowest BCUT2D eigenvalue weighted by Crippen LogP contribution is -2.21. The second kappa shape index (κ2) is 5.02. The zero-order valence-corrected chi connectivity index (χ0v) is 12.2. The number of pyridine rings is 1. The second-order valence-corrected chi connectivity index (χ2v) is 5.80. The van der Waals surface area contributed by atoms with E-state index in [1.165, 1.54) is 36.3 Å². The van der Waals surface area contributed by atoms with E-state index in [9.17, 15) is 0 Å². The number of fused-ring (bicyclic) bond motifs is 1. The van der Waals surface area contributed by atoms with Gasteiger partial charge in [0.1, 0.15) is 10.4 Å². The van der Waals surface area contributed by atoms with Crippen LogP contribution in [0.25, 0.3) is 5.52 Å². The van der Waals surface area contributed by atoms with Gasteiger partial charge in [0.25, 0.3) is 0 Å². The maximum Gasteiger partial charge on any atom is 0.132 e. The number of aryl methyl sites for hydroxylation is 1. The van der Waals surface area contributed by atoms with Gasteiger partial charge >= 0.3 is 0 Å². The molecule has 96 valence electrons. The minimum atomic E-state index is 0.521. The summed E-state index contributed by atoms with van der Waals surface area (Å²) < 4.78 is 3.26. The standard InChI is InChI=1S/C14H18BrN3/c1-10-5-4-7-12-13(15)17-14(18(10)12)11-6-2-3-8-16-9-11/h4-5,7,11,16H,2-3,6,8-9H2,1H3. The van der Waals surface area contributed by atoms with Crippen molar-refractivity contribution in [2.24, 2.45) is 0 Å². The number of aromatic nitrogens is 2. The molecule has 4 heteroatoms. The van der Waals surface area contributed by atoms with E-state index in [4.69, 9.17) is 4.98 Å². The topological polar surface area (TPSA) is 29.3 Å². The number of rotatable bonds is 1. The average molecular weight is 308 g/mol. The predicted molar refractivity (Wildman–Crippen MR) is 77.1 cm³/mol. The van der Waals surface area contributed by atoms with Crippen molar-refractivity contribution in [2.45, 2.75) is 32.1 Å². The Morgan fingerprint density at radius 2 is 2.28 bits per heavy atom. The van der Waals surface area contributed by atoms with Gasteiger partial charge in [-0.1, -0.05) is 12.5 Å². The van der Waals surface area contributed by atoms with Gasteiger partial charge in [0.05, 0.1) is 5.52 Å². The maximum absolute atomic E-state index is 4.76. The fraction of sp³-hybridized carbons (Fsp3) is 0.500. The Morgan fingerprint density at radius 1 is 1.39 bits per heavy atom. The minimum absolute atomic E-state index is 0.521. The molecule has 3 heterocycles. The van der Waals surface area contributed by atoms with Crippen molar-refractivity contribution in [3.63, 3.8) is 0 Å². The molecule has 18 heavy (non-hydrogen) atoms. The lowest BCUT2D eigenvalue weighted by molar-refractivity contribution is 0.574. The van der Waals surface area contributed by atoms with Gasteiger partial charge in [-0.2, -0.15) is 0 Å². The summed E-state index contributed by atoms with van der Waals surface area (Å²) in [7, 11) is 0. The molecule has 0 saturated carbocycles. The molecule has 2 aromatic rings. The van der Waals surface area contributed by atoms with Crippen LogP contribution in [0.4, 0.5) is 0 Å². The Kier molecular flexibility index (Phi) is 3.39. The number of hydrogen-bond acceptors (Lipinski definition) is 2. The van der Waals surface area contributed by atoms with Gasteiger partial charge in [-0.15, -0.1) is 0 Å². The molecular weight excluding hydrogens is 290 g/mol. The Bertz CT molecular complexity index is 553. The van der Waals surface area contributed by atoms with E-state index in [-0.39, 0.29) is 0 Å². The van der Waals surface area contributed by atoms with Gasteiger partial charge in [-0.25, -0.2) is 4.98 Å². The van der Waals surface area contributed by atoms with Crippen LogP contribution in [0.2, 0.25) is 0 Å². The number of nitrogens with one attached hydrogen (secondary N) is 1. The molecule has 0 aromatic carbocycles. The molecule has 0 spiro atoms. The molecule has 1 N–H and O–H groups in total. The van der Waals surface area contributed by atoms with Gasteiger partial charge in [0.15, 0.2) is 0 Å². The number of hydrogen-bond donors (Lipinski definition) is 1. The van der Waals surface area contributed by atoms with E-state index in [0.29, 0.717) is 5.92 Å². The smallest absolute Gasteiger partial charge is 0.132 e. The lowest BCUT2D eigenvalue weighted by atomic mass is 10.0. The zero-order chi connectivity index (χ0) is 12.5. The molecule has 1 atom stereocenters. The van der Waals surface area contributed by atoms with Crippen LogP contribution in [-0.4, -0.2) is 22.5 Å². The van der Waals surface area contributed by atoms with Crippen LogP contribution in [0.1, 0.15) is 36.7 Å². The zero-order valence-electron chi connectivity index (χ0n) is 10.6. The van der Waals surface area contributed by atoms with E-state index in [0.717, 1.165) is 17.7 Å². The van der Waals surface area contributed by atoms with E-state index < -0.39 is 0 Å². The number of halogens is 1. The van der Waals surface area contributed by atoms with Crippen LogP contribution >= 0.6 is 15.9 Å². The third-order valence-corrected chi connectivity index (χ3v) is 4.33. The summed E-state index contributed by atoms with van der Waals surface area (Å²) in [4.78, 5) is 4.76. The number of imidazole rings is 1. The number of nitrogens with zero attached hydrogens (tertiary/aromatic N) is 2. The first-order valence-electron chi connectivity index (χ1n) is 6.61. The quantitative estimate of drug-likeness (QED) is 0.876. The summed E-state index contributed by atoms with van der Waals surface area (Å²) in [6.45, 7) is 4.33. The maximum atomic E-state index is 4.76. The molecule has 1 fully saturated rings. The van der Waals surface area contributed by atoms with Crippen molar-refractivity contribution in [3.8, 4) is 0 Å². The highest BCUT2D eigenvalue weighted by Gasteiger charge is 2.21. The molecule has 0 amide bonds. The van der Waals surface area contributed by atoms with E-state index in [1.54, 1.807) is 0 Å². The van der Waals surface area contributed by atoms with Crippen LogP contribution in [0, 0.1) is 6.92 Å². The minimum Gasteiger partial charge on any atom is -0.316 e. The van der Waals surface area contributed by atoms with Crippen LogP contribution < -0.4 is 5.32 Å². The summed E-state index contributed by atoms with van der Waals surface area (Å²) in [5.41, 5.74) is 2.43. The molecule has 3 nitrogen and oxygen atoms in total. The van der Waals surface area contributed by atoms with E-state index >= 15 is 0 Å². The average Bonchev–Trinajstić information content (AvgIpc) is 2.56. The van der Waals surface area contributed by atoms with Crippen LogP contribution in [0.15, 0.2) is 22.8 Å². The van der Waals surface area contributed by atoms with Gasteiger partial charge in [-0.05, 0) is 54.4 Å². The van der Waals surface area contributed by atoms with Crippen molar-refractivity contribution in [2.75, 3.05) is 13.1 Å². The molecular formula is C14H18BrN3. The van der Waals surface area contributed by atoms with Crippen LogP contribution in [0.3, 0.4) is 0 Å². The van der Waals surface area contributed by atoms with Crippen LogP contribution in [0.5, 0.6) is 0 Å². The summed E-state index contributed by atoms with van der Waals surface area (Å²) in [6.07, 6.45) is 3.79. The van der Waals surface area contributed by atoms with Gasteiger partial charge in [0, 0.05) is 18.2 Å². The molecule has 0 radical (unpaired) electrons. The van der Waals surface area contributed by atoms with Gasteiger partial charge in [0.2, 0.25) is 0 Å². The summed E-state index contributed by atoms with van der Waals surface area (Å²) in [5, 5.41) is 3.52. The highest BCUT2D eigenvalue weighted by atomic mass is 79.9. The first-order chi connectivity index (χ1) is 8.77. The summed E-state index contributed by atoms with van der Waals surface area (Å²) >= 11 is 3.59. The van der Waals surface area contributed by atoms with Gasteiger partial charge in [-0.3, -0.25) is 4.40 Å². The Hall–Kier alpha value is -0.870. The third-order valence-electron chi connectivity index (χ3n) is 3.75. The molecule has 0 bridgehead atoms. The SMILES string of the molecule is Cc1cccc2c(Br)nc(C3CCCCNC3)n12. The summed E-state index contributed by atoms with van der Waals surface area (Å²) in [5.74, 6) is 1.72. The largest absolute Gasteiger partial charge is 0.316 e. The molecule has 1 aliphatic rings. The van der Waals surface area contributed by atoms with Crippen molar-refractivity contribution >= 4 is 21.4 Å². The van der Waals surface area contributed by atoms with Crippen molar-refractivity contribution < 1.29 is 0 Å². The molecule has 1 unspecified atom stereocenters. The third kappa shape index (κ3) is 2.08. The Balaban J connectivity index is 2.10. The second-order valence-electron chi connectivity index (χ2n) is 5.05. The van der Waals surface area contributed by atoms with E-state index in [1.807, 2.05) is 0 Å². The fourth-order valence-electron chi connectivity index (χ4n) is 2.80. The predicted octanol–water partition coefficient (Wildman–Crippen LogP) is 3.26. The highest BCUT2D eigenvalue weighted by molar-refractivity contribution is 9.10. The lowest BCUT2D eigenvalue weighted by Gasteiger charge is -2.14. The van der Waals surface area contributed by atoms with Crippen molar-refractivity contribution in [1.82, 2.24) is 14.7 Å². The first-order valence-corrected chi connectivity index (χ1v) is 7.41. The Labute approximate surface area is 116 Å². The normalized spacial score (nSPS) is 21.1. The van der Waals surface area contributed by atoms with Crippen LogP contribution in [-0.2, 0) is 0 Å².